The normalized spacial score (nSPS) is 23.5. The molecule has 2 fully saturated rings. The zero-order valence-electron chi connectivity index (χ0n) is 20.1. The van der Waals surface area contributed by atoms with Crippen molar-refractivity contribution in [3.63, 3.8) is 0 Å². The minimum Gasteiger partial charge on any atom is -0.399 e. The third-order valence-electron chi connectivity index (χ3n) is 6.84. The summed E-state index contributed by atoms with van der Waals surface area (Å²) in [7, 11) is -0.520. The summed E-state index contributed by atoms with van der Waals surface area (Å²) >= 11 is 0. The molecule has 32 heavy (non-hydrogen) atoms. The van der Waals surface area contributed by atoms with Crippen LogP contribution in [0.5, 0.6) is 0 Å². The number of hydrogen-bond acceptors (Lipinski definition) is 8. The summed E-state index contributed by atoms with van der Waals surface area (Å²) < 4.78 is 12.2. The van der Waals surface area contributed by atoms with Crippen LogP contribution in [0, 0.1) is 0 Å². The van der Waals surface area contributed by atoms with Gasteiger partial charge in [-0.25, -0.2) is 9.97 Å². The van der Waals surface area contributed by atoms with Crippen molar-refractivity contribution in [1.29, 1.82) is 0 Å². The van der Waals surface area contributed by atoms with E-state index in [2.05, 4.69) is 28.7 Å². The Morgan fingerprint density at radius 3 is 2.34 bits per heavy atom. The number of anilines is 1. The molecule has 2 atom stereocenters. The van der Waals surface area contributed by atoms with Crippen LogP contribution in [0.4, 0.5) is 5.95 Å². The number of carbonyl (C=O) groups excluding carboxylic acids is 1. The van der Waals surface area contributed by atoms with E-state index in [1.807, 2.05) is 27.7 Å². The Labute approximate surface area is 191 Å². The lowest BCUT2D eigenvalue weighted by Gasteiger charge is -2.40. The molecule has 1 aromatic heterocycles. The maximum Gasteiger partial charge on any atom is 0.498 e. The molecule has 3 rings (SSSR count). The molecule has 0 radical (unpaired) electrons. The Hall–Kier alpha value is -1.75. The van der Waals surface area contributed by atoms with Crippen molar-refractivity contribution < 1.29 is 24.3 Å². The first kappa shape index (κ1) is 24.9. The zero-order chi connectivity index (χ0) is 23.7. The summed E-state index contributed by atoms with van der Waals surface area (Å²) in [4.78, 5) is 25.5. The van der Waals surface area contributed by atoms with Gasteiger partial charge in [0, 0.05) is 43.0 Å². The first-order chi connectivity index (χ1) is 15.0. The summed E-state index contributed by atoms with van der Waals surface area (Å²) in [6, 6.07) is 0.0329. The van der Waals surface area contributed by atoms with Crippen LogP contribution < -0.4 is 10.4 Å². The topological polar surface area (TPSA) is 108 Å². The molecule has 9 nitrogen and oxygen atoms in total. The SMILES string of the molecule is CC(C)N(C[C@H]1CCCCN1C(=O)[C@@H](O)CO)c1ncc(B2OC(C)(C)C(C)(C)O2)cn1. The van der Waals surface area contributed by atoms with Crippen molar-refractivity contribution in [2.45, 2.75) is 90.2 Å². The first-order valence-electron chi connectivity index (χ1n) is 11.5. The molecular formula is C22H37BN4O5. The van der Waals surface area contributed by atoms with Crippen molar-refractivity contribution in [3.05, 3.63) is 12.4 Å². The van der Waals surface area contributed by atoms with Gasteiger partial charge < -0.3 is 29.3 Å². The molecule has 0 saturated carbocycles. The number of likely N-dealkylation sites (tertiary alicyclic amines) is 1. The van der Waals surface area contributed by atoms with Crippen molar-refractivity contribution in [3.8, 4) is 0 Å². The molecular weight excluding hydrogens is 411 g/mol. The van der Waals surface area contributed by atoms with Gasteiger partial charge in [0.1, 0.15) is 0 Å². The number of aromatic nitrogens is 2. The number of aliphatic hydroxyl groups is 2. The summed E-state index contributed by atoms with van der Waals surface area (Å²) in [5.74, 6) is 0.152. The molecule has 0 aliphatic carbocycles. The first-order valence-corrected chi connectivity index (χ1v) is 11.5. The molecule has 1 amide bonds. The summed E-state index contributed by atoms with van der Waals surface area (Å²) in [5, 5.41) is 19.1. The van der Waals surface area contributed by atoms with Crippen LogP contribution in [-0.4, -0.2) is 87.2 Å². The predicted octanol–water partition coefficient (Wildman–Crippen LogP) is 0.725. The van der Waals surface area contributed by atoms with E-state index in [0.717, 1.165) is 24.7 Å². The predicted molar refractivity (Wildman–Crippen MR) is 123 cm³/mol. The van der Waals surface area contributed by atoms with E-state index in [1.165, 1.54) is 0 Å². The summed E-state index contributed by atoms with van der Waals surface area (Å²) in [5.41, 5.74) is -0.107. The smallest absolute Gasteiger partial charge is 0.399 e. The van der Waals surface area contributed by atoms with Crippen LogP contribution in [0.1, 0.15) is 60.8 Å². The highest BCUT2D eigenvalue weighted by Crippen LogP contribution is 2.36. The van der Waals surface area contributed by atoms with Crippen molar-refractivity contribution >= 4 is 24.4 Å². The van der Waals surface area contributed by atoms with E-state index in [1.54, 1.807) is 17.3 Å². The molecule has 178 valence electrons. The monoisotopic (exact) mass is 448 g/mol. The molecule has 0 aromatic carbocycles. The number of aliphatic hydroxyl groups excluding tert-OH is 2. The third-order valence-corrected chi connectivity index (χ3v) is 6.84. The van der Waals surface area contributed by atoms with Gasteiger partial charge in [-0.2, -0.15) is 0 Å². The van der Waals surface area contributed by atoms with Crippen LogP contribution in [0.25, 0.3) is 0 Å². The molecule has 2 N–H and O–H groups in total. The number of carbonyl (C=O) groups is 1. The fraction of sp³-hybridized carbons (Fsp3) is 0.773. The van der Waals surface area contributed by atoms with Crippen LogP contribution in [0.15, 0.2) is 12.4 Å². The van der Waals surface area contributed by atoms with E-state index in [-0.39, 0.29) is 12.1 Å². The van der Waals surface area contributed by atoms with E-state index in [9.17, 15) is 15.0 Å². The highest BCUT2D eigenvalue weighted by molar-refractivity contribution is 6.61. The van der Waals surface area contributed by atoms with Gasteiger partial charge in [-0.15, -0.1) is 0 Å². The number of amides is 1. The van der Waals surface area contributed by atoms with E-state index in [0.29, 0.717) is 19.0 Å². The maximum atomic E-state index is 12.6. The fourth-order valence-electron chi connectivity index (χ4n) is 4.08. The Bertz CT molecular complexity index is 773. The average Bonchev–Trinajstić information content (AvgIpc) is 2.98. The molecule has 0 spiro atoms. The number of hydrogen-bond donors (Lipinski definition) is 2. The van der Waals surface area contributed by atoms with Crippen LogP contribution >= 0.6 is 0 Å². The number of rotatable bonds is 7. The molecule has 2 saturated heterocycles. The quantitative estimate of drug-likeness (QED) is 0.588. The summed E-state index contributed by atoms with van der Waals surface area (Å²) in [6.07, 6.45) is 4.83. The molecule has 0 unspecified atom stereocenters. The van der Waals surface area contributed by atoms with Crippen LogP contribution in [0.2, 0.25) is 0 Å². The second kappa shape index (κ2) is 9.63. The average molecular weight is 448 g/mol. The highest BCUT2D eigenvalue weighted by atomic mass is 16.7. The minimum absolute atomic E-state index is 0.0776. The zero-order valence-corrected chi connectivity index (χ0v) is 20.1. The van der Waals surface area contributed by atoms with Crippen molar-refractivity contribution in [2.24, 2.45) is 0 Å². The molecule has 1 aromatic rings. The molecule has 0 bridgehead atoms. The van der Waals surface area contributed by atoms with Gasteiger partial charge in [-0.05, 0) is 60.8 Å². The molecule has 10 heteroatoms. The highest BCUT2D eigenvalue weighted by Gasteiger charge is 2.52. The molecule has 3 heterocycles. The minimum atomic E-state index is -1.38. The fourth-order valence-corrected chi connectivity index (χ4v) is 4.08. The number of piperidine rings is 1. The van der Waals surface area contributed by atoms with Crippen molar-refractivity contribution in [2.75, 3.05) is 24.6 Å². The largest absolute Gasteiger partial charge is 0.498 e. The van der Waals surface area contributed by atoms with Crippen LogP contribution in [0.3, 0.4) is 0 Å². The Balaban J connectivity index is 1.75. The van der Waals surface area contributed by atoms with Crippen molar-refractivity contribution in [1.82, 2.24) is 14.9 Å². The van der Waals surface area contributed by atoms with Gasteiger partial charge in [0.2, 0.25) is 5.95 Å². The Kier molecular flexibility index (Phi) is 7.49. The molecule has 2 aliphatic heterocycles. The van der Waals surface area contributed by atoms with Gasteiger partial charge in [0.05, 0.1) is 17.8 Å². The lowest BCUT2D eigenvalue weighted by molar-refractivity contribution is -0.145. The molecule has 2 aliphatic rings. The lowest BCUT2D eigenvalue weighted by Crippen LogP contribution is -2.54. The standard InChI is InChI=1S/C22H37BN4O5/c1-15(2)27(13-17-9-7-8-10-26(17)19(30)18(29)14-28)20-24-11-16(12-25-20)23-31-21(3,4)22(5,6)32-23/h11-12,15,17-18,28-29H,7-10,13-14H2,1-6H3/t17-,18+/m1/s1. The lowest BCUT2D eigenvalue weighted by atomic mass is 9.81. The van der Waals surface area contributed by atoms with Gasteiger partial charge >= 0.3 is 7.12 Å². The Morgan fingerprint density at radius 2 is 1.81 bits per heavy atom. The third kappa shape index (κ3) is 5.08. The van der Waals surface area contributed by atoms with E-state index >= 15 is 0 Å². The second-order valence-electron chi connectivity index (χ2n) is 10.0. The van der Waals surface area contributed by atoms with Crippen LogP contribution in [-0.2, 0) is 14.1 Å². The van der Waals surface area contributed by atoms with Gasteiger partial charge in [-0.1, -0.05) is 0 Å². The summed E-state index contributed by atoms with van der Waals surface area (Å²) in [6.45, 7) is 12.7. The van der Waals surface area contributed by atoms with Gasteiger partial charge in [0.25, 0.3) is 5.91 Å². The second-order valence-corrected chi connectivity index (χ2v) is 10.0. The van der Waals surface area contributed by atoms with E-state index in [4.69, 9.17) is 9.31 Å². The van der Waals surface area contributed by atoms with E-state index < -0.39 is 36.9 Å². The van der Waals surface area contributed by atoms with Gasteiger partial charge in [-0.3, -0.25) is 4.79 Å². The maximum absolute atomic E-state index is 12.6. The van der Waals surface area contributed by atoms with Gasteiger partial charge in [0.15, 0.2) is 6.10 Å². The number of nitrogens with zero attached hydrogens (tertiary/aromatic N) is 4. The Morgan fingerprint density at radius 1 is 1.22 bits per heavy atom.